The number of hydrazine groups is 1. The number of H-pyrrole nitrogens is 1. The summed E-state index contributed by atoms with van der Waals surface area (Å²) in [6, 6.07) is 17.3. The van der Waals surface area contributed by atoms with Crippen molar-refractivity contribution in [1.82, 2.24) is 7.88 Å². The van der Waals surface area contributed by atoms with Gasteiger partial charge in [0.1, 0.15) is 0 Å². The van der Waals surface area contributed by atoms with E-state index < -0.39 is 0 Å². The molecule has 0 saturated heterocycles. The first-order valence-electron chi connectivity index (χ1n) is 5.43. The van der Waals surface area contributed by atoms with Crippen LogP contribution in [0.15, 0.2) is 54.6 Å². The van der Waals surface area contributed by atoms with Gasteiger partial charge in [0, 0.05) is 0 Å². The Kier molecular flexibility index (Phi) is 2.98. The van der Waals surface area contributed by atoms with Crippen molar-refractivity contribution in [2.24, 2.45) is 5.84 Å². The van der Waals surface area contributed by atoms with E-state index in [0.29, 0.717) is 0 Å². The molecule has 0 unspecified atom stereocenters. The van der Waals surface area contributed by atoms with E-state index in [9.17, 15) is 0 Å². The molecule has 1 heterocycles. The van der Waals surface area contributed by atoms with Crippen LogP contribution in [0, 0.1) is 0 Å². The van der Waals surface area contributed by atoms with E-state index in [-0.39, 0.29) is 15.0 Å². The molecule has 0 bridgehead atoms. The van der Waals surface area contributed by atoms with Crippen LogP contribution in [-0.2, 0) is 0 Å². The van der Waals surface area contributed by atoms with E-state index >= 15 is 0 Å². The van der Waals surface area contributed by atoms with Crippen molar-refractivity contribution in [3.05, 3.63) is 54.6 Å². The average Bonchev–Trinajstić information content (AvgIpc) is 3.24. The minimum atomic E-state index is 0.286. The van der Waals surface area contributed by atoms with Crippen LogP contribution in [0.3, 0.4) is 0 Å². The van der Waals surface area contributed by atoms with Gasteiger partial charge in [-0.3, -0.25) is 0 Å². The predicted octanol–water partition coefficient (Wildman–Crippen LogP) is 1.81. The van der Waals surface area contributed by atoms with Crippen molar-refractivity contribution in [3.63, 3.8) is 0 Å². The molecular formula is C12H12N4OSe. The summed E-state index contributed by atoms with van der Waals surface area (Å²) >= 11 is 0.286. The Morgan fingerprint density at radius 3 is 2.22 bits per heavy atom. The third-order valence-corrected chi connectivity index (χ3v) is 3.54. The number of rotatable bonds is 4. The summed E-state index contributed by atoms with van der Waals surface area (Å²) < 4.78 is 10.6. The first-order valence-corrected chi connectivity index (χ1v) is 7.06. The van der Waals surface area contributed by atoms with Crippen LogP contribution in [0.25, 0.3) is 0 Å². The molecule has 2 aromatic carbocycles. The number of aromatic amines is 1. The van der Waals surface area contributed by atoms with Crippen molar-refractivity contribution >= 4 is 20.6 Å². The zero-order chi connectivity index (χ0) is 12.4. The van der Waals surface area contributed by atoms with Crippen LogP contribution in [0.4, 0.5) is 5.69 Å². The van der Waals surface area contributed by atoms with Gasteiger partial charge in [-0.25, -0.2) is 0 Å². The molecule has 0 radical (unpaired) electrons. The van der Waals surface area contributed by atoms with E-state index in [1.54, 1.807) is 5.12 Å². The summed E-state index contributed by atoms with van der Waals surface area (Å²) in [5.74, 6) is 7.49. The fourth-order valence-electron chi connectivity index (χ4n) is 1.50. The molecule has 5 nitrogen and oxygen atoms in total. The van der Waals surface area contributed by atoms with Crippen LogP contribution < -0.4 is 15.7 Å². The van der Waals surface area contributed by atoms with Crippen molar-refractivity contribution in [2.45, 2.75) is 0 Å². The minimum absolute atomic E-state index is 0.286. The molecule has 1 aromatic heterocycles. The van der Waals surface area contributed by atoms with Gasteiger partial charge in [0.05, 0.1) is 0 Å². The van der Waals surface area contributed by atoms with Crippen LogP contribution in [0.1, 0.15) is 0 Å². The maximum absolute atomic E-state index is 5.87. The second kappa shape index (κ2) is 4.78. The Bertz CT molecular complexity index is 587. The number of benzene rings is 2. The third kappa shape index (κ3) is 2.51. The van der Waals surface area contributed by atoms with Gasteiger partial charge in [-0.1, -0.05) is 0 Å². The second-order valence-electron chi connectivity index (χ2n) is 3.71. The number of ether oxygens (including phenoxy) is 1. The summed E-state index contributed by atoms with van der Waals surface area (Å²) in [6.07, 6.45) is 0. The number of anilines is 1. The number of aromatic nitrogens is 2. The zero-order valence-electron chi connectivity index (χ0n) is 9.48. The molecule has 3 aromatic rings. The fraction of sp³-hybridized carbons (Fsp3) is 0. The molecular weight excluding hydrogens is 295 g/mol. The number of nitrogens with zero attached hydrogens (tertiary/aromatic N) is 2. The van der Waals surface area contributed by atoms with Crippen molar-refractivity contribution in [2.75, 3.05) is 5.12 Å². The van der Waals surface area contributed by atoms with Crippen molar-refractivity contribution < 1.29 is 4.74 Å². The zero-order valence-corrected chi connectivity index (χ0v) is 11.2. The first-order chi connectivity index (χ1) is 8.83. The molecule has 3 N–H and O–H groups in total. The van der Waals surface area contributed by atoms with Crippen molar-refractivity contribution in [1.29, 1.82) is 0 Å². The van der Waals surface area contributed by atoms with Crippen molar-refractivity contribution in [3.8, 4) is 11.5 Å². The van der Waals surface area contributed by atoms with E-state index in [4.69, 9.17) is 10.6 Å². The molecule has 0 fully saturated rings. The molecule has 0 amide bonds. The van der Waals surface area contributed by atoms with E-state index in [2.05, 4.69) is 4.09 Å². The first kappa shape index (κ1) is 11.2. The number of hydrogen-bond acceptors (Lipinski definition) is 3. The molecule has 0 saturated carbocycles. The van der Waals surface area contributed by atoms with E-state index in [0.717, 1.165) is 17.2 Å². The quantitative estimate of drug-likeness (QED) is 0.439. The molecule has 6 heteroatoms. The summed E-state index contributed by atoms with van der Waals surface area (Å²) in [4.78, 5) is 0. The molecule has 0 aliphatic rings. The standard InChI is InChI=1S/C12H12N4OSe/c13-15(16-14-18-16)10-6-8-12(9-7-10)17-11-4-2-1-3-5-11/h1-9,14H,13H2. The topological polar surface area (TPSA) is 59.2 Å². The van der Waals surface area contributed by atoms with Gasteiger partial charge < -0.3 is 0 Å². The molecule has 18 heavy (non-hydrogen) atoms. The predicted molar refractivity (Wildman–Crippen MR) is 70.7 cm³/mol. The van der Waals surface area contributed by atoms with Gasteiger partial charge >= 0.3 is 110 Å². The molecule has 0 atom stereocenters. The number of nitrogens with two attached hydrogens (primary N) is 1. The Hall–Kier alpha value is -1.88. The number of hydrogen-bond donors (Lipinski definition) is 2. The Labute approximate surface area is 110 Å². The third-order valence-electron chi connectivity index (χ3n) is 2.45. The van der Waals surface area contributed by atoms with E-state index in [1.807, 2.05) is 58.4 Å². The normalized spacial score (nSPS) is 10.5. The summed E-state index contributed by atoms with van der Waals surface area (Å²) in [6.45, 7) is 0. The van der Waals surface area contributed by atoms with E-state index in [1.165, 1.54) is 0 Å². The van der Waals surface area contributed by atoms with Gasteiger partial charge in [0.2, 0.25) is 0 Å². The summed E-state index contributed by atoms with van der Waals surface area (Å²) in [5.41, 5.74) is 0.919. The van der Waals surface area contributed by atoms with Crippen LogP contribution in [-0.4, -0.2) is 22.8 Å². The SMILES string of the molecule is NN(c1ccc(Oc2ccccc2)cc1)n1[nH][se]1. The number of para-hydroxylation sites is 1. The summed E-state index contributed by atoms with van der Waals surface area (Å²) in [7, 11) is 0. The summed E-state index contributed by atoms with van der Waals surface area (Å²) in [5, 5.41) is 1.59. The number of nitrogens with one attached hydrogen (secondary N) is 1. The monoisotopic (exact) mass is 308 g/mol. The molecule has 0 spiro atoms. The molecule has 92 valence electrons. The van der Waals surface area contributed by atoms with Gasteiger partial charge in [-0.15, -0.1) is 0 Å². The molecule has 0 aliphatic heterocycles. The van der Waals surface area contributed by atoms with Crippen LogP contribution in [0.2, 0.25) is 0 Å². The Morgan fingerprint density at radius 1 is 1.00 bits per heavy atom. The van der Waals surface area contributed by atoms with Gasteiger partial charge in [0.25, 0.3) is 0 Å². The van der Waals surface area contributed by atoms with Crippen LogP contribution >= 0.6 is 0 Å². The van der Waals surface area contributed by atoms with Crippen LogP contribution in [0.5, 0.6) is 11.5 Å². The molecule has 3 rings (SSSR count). The van der Waals surface area contributed by atoms with Gasteiger partial charge in [-0.05, 0) is 0 Å². The van der Waals surface area contributed by atoms with Gasteiger partial charge in [0.15, 0.2) is 0 Å². The second-order valence-corrected chi connectivity index (χ2v) is 5.20. The Morgan fingerprint density at radius 2 is 1.61 bits per heavy atom. The Balaban J connectivity index is 1.73. The average molecular weight is 307 g/mol. The molecule has 0 aliphatic carbocycles. The van der Waals surface area contributed by atoms with Gasteiger partial charge in [-0.2, -0.15) is 0 Å². The fourth-order valence-corrected chi connectivity index (χ4v) is 2.15. The maximum atomic E-state index is 5.87.